The molecule has 31 heavy (non-hydrogen) atoms. The fourth-order valence-corrected chi connectivity index (χ4v) is 4.21. The van der Waals surface area contributed by atoms with Crippen molar-refractivity contribution in [3.05, 3.63) is 83.7 Å². The van der Waals surface area contributed by atoms with Crippen molar-refractivity contribution in [2.75, 3.05) is 5.01 Å². The summed E-state index contributed by atoms with van der Waals surface area (Å²) in [5.74, 6) is -1.11. The Hall–Kier alpha value is -2.90. The van der Waals surface area contributed by atoms with E-state index in [1.807, 2.05) is 31.0 Å². The van der Waals surface area contributed by atoms with Gasteiger partial charge in [0.25, 0.3) is 0 Å². The zero-order valence-corrected chi connectivity index (χ0v) is 18.6. The highest BCUT2D eigenvalue weighted by Crippen LogP contribution is 2.38. The van der Waals surface area contributed by atoms with E-state index < -0.39 is 5.97 Å². The Morgan fingerprint density at radius 3 is 2.58 bits per heavy atom. The second-order valence-corrected chi connectivity index (χ2v) is 8.23. The maximum atomic E-state index is 13.3. The van der Waals surface area contributed by atoms with E-state index in [2.05, 4.69) is 10.3 Å². The lowest BCUT2D eigenvalue weighted by Gasteiger charge is -2.26. The maximum absolute atomic E-state index is 13.3. The fourth-order valence-electron chi connectivity index (χ4n) is 2.83. The molecular weight excluding hydrogens is 437 g/mol. The quantitative estimate of drug-likeness (QED) is 0.166. The predicted molar refractivity (Wildman–Crippen MR) is 125 cm³/mol. The molecule has 2 atom stereocenters. The fraction of sp³-hybridized carbons (Fsp3) is 0.174. The summed E-state index contributed by atoms with van der Waals surface area (Å²) in [6.07, 6.45) is 7.96. The van der Waals surface area contributed by atoms with Crippen molar-refractivity contribution in [3.63, 3.8) is 0 Å². The van der Waals surface area contributed by atoms with Crippen molar-refractivity contribution in [3.8, 4) is 0 Å². The van der Waals surface area contributed by atoms with Gasteiger partial charge in [0, 0.05) is 21.7 Å². The van der Waals surface area contributed by atoms with Gasteiger partial charge in [-0.15, -0.1) is 0 Å². The summed E-state index contributed by atoms with van der Waals surface area (Å²) in [6, 6.07) is 13.6. The van der Waals surface area contributed by atoms with Gasteiger partial charge in [-0.2, -0.15) is 5.10 Å². The Morgan fingerprint density at radius 2 is 1.90 bits per heavy atom. The normalized spacial score (nSPS) is 19.0. The van der Waals surface area contributed by atoms with Crippen LogP contribution in [-0.4, -0.2) is 23.3 Å². The van der Waals surface area contributed by atoms with Gasteiger partial charge in [-0.1, -0.05) is 46.7 Å². The van der Waals surface area contributed by atoms with Crippen molar-refractivity contribution in [2.45, 2.75) is 24.1 Å². The van der Waals surface area contributed by atoms with E-state index in [0.717, 1.165) is 16.3 Å². The summed E-state index contributed by atoms with van der Waals surface area (Å²) in [5, 5.41) is 10.8. The number of hydrogen-bond acceptors (Lipinski definition) is 6. The zero-order valence-electron chi connectivity index (χ0n) is 17.0. The highest BCUT2D eigenvalue weighted by molar-refractivity contribution is 8.00. The number of allylic oxidation sites excluding steroid dienone is 3. The Morgan fingerprint density at radius 1 is 1.19 bits per heavy atom. The molecule has 0 aliphatic carbocycles. The van der Waals surface area contributed by atoms with E-state index in [-0.39, 0.29) is 17.1 Å². The lowest BCUT2D eigenvalue weighted by molar-refractivity contribution is -0.137. The molecule has 0 N–H and O–H groups in total. The third-order valence-corrected chi connectivity index (χ3v) is 5.89. The first-order valence-corrected chi connectivity index (χ1v) is 10.8. The monoisotopic (exact) mass is 457 g/mol. The van der Waals surface area contributed by atoms with Crippen LogP contribution in [0.2, 0.25) is 5.02 Å². The molecule has 0 aromatic heterocycles. The molecule has 0 saturated carbocycles. The highest BCUT2D eigenvalue weighted by atomic mass is 35.5. The highest BCUT2D eigenvalue weighted by Gasteiger charge is 2.36. The maximum Gasteiger partial charge on any atom is 0.358 e. The van der Waals surface area contributed by atoms with E-state index in [9.17, 15) is 9.18 Å². The van der Waals surface area contributed by atoms with E-state index in [1.165, 1.54) is 30.0 Å². The van der Waals surface area contributed by atoms with Crippen LogP contribution in [0.4, 0.5) is 10.1 Å². The number of thioether (sulfide) groups is 1. The summed E-state index contributed by atoms with van der Waals surface area (Å²) < 4.78 is 13.3. The Kier molecular flexibility index (Phi) is 8.03. The Balaban J connectivity index is 1.82. The number of carbonyl (C=O) groups excluding carboxylic acids is 1. The van der Waals surface area contributed by atoms with Crippen molar-refractivity contribution >= 4 is 46.9 Å². The van der Waals surface area contributed by atoms with Gasteiger partial charge in [-0.05, 0) is 62.4 Å². The van der Waals surface area contributed by atoms with Gasteiger partial charge in [0.1, 0.15) is 11.2 Å². The largest absolute Gasteiger partial charge is 0.358 e. The average molecular weight is 458 g/mol. The van der Waals surface area contributed by atoms with Crippen LogP contribution in [0.1, 0.15) is 13.8 Å². The first-order valence-electron chi connectivity index (χ1n) is 9.54. The third kappa shape index (κ3) is 6.29. The van der Waals surface area contributed by atoms with Crippen molar-refractivity contribution in [1.82, 2.24) is 0 Å². The van der Waals surface area contributed by atoms with E-state index in [0.29, 0.717) is 5.02 Å². The number of carbonyl (C=O) groups is 1. The van der Waals surface area contributed by atoms with E-state index in [4.69, 9.17) is 16.4 Å². The number of nitrogens with zero attached hydrogens (tertiary/aromatic N) is 3. The molecule has 1 aliphatic rings. The summed E-state index contributed by atoms with van der Waals surface area (Å²) in [5.41, 5.74) is 1.66. The number of anilines is 1. The molecule has 5 nitrogen and oxygen atoms in total. The van der Waals surface area contributed by atoms with Crippen LogP contribution < -0.4 is 5.01 Å². The molecule has 0 saturated heterocycles. The van der Waals surface area contributed by atoms with Crippen LogP contribution in [0.25, 0.3) is 0 Å². The summed E-state index contributed by atoms with van der Waals surface area (Å²) in [6.45, 7) is 3.74. The number of oxime groups is 1. The van der Waals surface area contributed by atoms with Crippen LogP contribution >= 0.6 is 23.4 Å². The topological polar surface area (TPSA) is 54.3 Å². The molecule has 1 heterocycles. The van der Waals surface area contributed by atoms with Crippen molar-refractivity contribution < 1.29 is 14.0 Å². The molecule has 2 aromatic carbocycles. The summed E-state index contributed by atoms with van der Waals surface area (Å²) in [4.78, 5) is 17.5. The zero-order chi connectivity index (χ0) is 22.2. The van der Waals surface area contributed by atoms with Crippen molar-refractivity contribution in [1.29, 1.82) is 0 Å². The predicted octanol–water partition coefficient (Wildman–Crippen LogP) is 6.07. The van der Waals surface area contributed by atoms with Crippen LogP contribution in [0.3, 0.4) is 0 Å². The Labute approximate surface area is 189 Å². The molecule has 0 bridgehead atoms. The minimum absolute atomic E-state index is 0.215. The van der Waals surface area contributed by atoms with Crippen molar-refractivity contribution in [2.24, 2.45) is 16.2 Å². The molecule has 0 radical (unpaired) electrons. The summed E-state index contributed by atoms with van der Waals surface area (Å²) in [7, 11) is 0. The lowest BCUT2D eigenvalue weighted by Crippen LogP contribution is -2.31. The van der Waals surface area contributed by atoms with Gasteiger partial charge in [0.05, 0.1) is 17.8 Å². The van der Waals surface area contributed by atoms with Gasteiger partial charge in [0.2, 0.25) is 0 Å². The molecule has 2 aromatic rings. The first kappa shape index (κ1) is 22.8. The van der Waals surface area contributed by atoms with E-state index in [1.54, 1.807) is 48.7 Å². The Bertz CT molecular complexity index is 1020. The number of benzene rings is 2. The first-order chi connectivity index (χ1) is 15.0. The van der Waals surface area contributed by atoms with Gasteiger partial charge >= 0.3 is 5.97 Å². The molecule has 160 valence electrons. The number of rotatable bonds is 7. The van der Waals surface area contributed by atoms with Crippen LogP contribution in [0.5, 0.6) is 0 Å². The number of hydrazone groups is 1. The average Bonchev–Trinajstić information content (AvgIpc) is 3.06. The second kappa shape index (κ2) is 10.9. The number of hydrogen-bond donors (Lipinski definition) is 0. The molecule has 0 amide bonds. The standard InChI is InChI=1S/C23H21ClFN3O2S/c1-3-4-5-6-22(29)30-26-15-21-16(2)27-28(19-11-7-17(24)8-12-19)23(21)31-20-13-9-18(25)10-14-20/h3-15,21,23H,1-2H3/b4-3+,6-5+,26-15+. The molecule has 2 unspecified atom stereocenters. The molecule has 8 heteroatoms. The van der Waals surface area contributed by atoms with Crippen LogP contribution in [-0.2, 0) is 9.63 Å². The van der Waals surface area contributed by atoms with Gasteiger partial charge in [-0.25, -0.2) is 9.18 Å². The van der Waals surface area contributed by atoms with Gasteiger partial charge < -0.3 is 4.84 Å². The molecule has 1 aliphatic heterocycles. The van der Waals surface area contributed by atoms with Gasteiger partial charge in [-0.3, -0.25) is 5.01 Å². The van der Waals surface area contributed by atoms with Gasteiger partial charge in [0.15, 0.2) is 0 Å². The van der Waals surface area contributed by atoms with Crippen LogP contribution in [0, 0.1) is 11.7 Å². The molecular formula is C23H21ClFN3O2S. The SMILES string of the molecule is C/C=C/C=C/C(=O)O/N=C/C1C(C)=NN(c2ccc(Cl)cc2)C1Sc1ccc(F)cc1. The smallest absolute Gasteiger partial charge is 0.314 e. The molecule has 3 rings (SSSR count). The lowest BCUT2D eigenvalue weighted by atomic mass is 10.1. The second-order valence-electron chi connectivity index (χ2n) is 6.60. The number of halogens is 2. The minimum atomic E-state index is -0.570. The van der Waals surface area contributed by atoms with Crippen LogP contribution in [0.15, 0.2) is 88.0 Å². The molecule has 0 fully saturated rings. The third-order valence-electron chi connectivity index (χ3n) is 4.36. The minimum Gasteiger partial charge on any atom is -0.314 e. The molecule has 0 spiro atoms. The van der Waals surface area contributed by atoms with E-state index >= 15 is 0 Å². The summed E-state index contributed by atoms with van der Waals surface area (Å²) >= 11 is 7.54.